The quantitative estimate of drug-likeness (QED) is 0.326. The molecule has 1 aromatic heterocycles. The van der Waals surface area contributed by atoms with E-state index in [9.17, 15) is 19.2 Å². The molecule has 2 saturated heterocycles. The van der Waals surface area contributed by atoms with Crippen molar-refractivity contribution in [1.29, 1.82) is 0 Å². The Hall–Kier alpha value is -2.68. The molecule has 38 heavy (non-hydrogen) atoms. The summed E-state index contributed by atoms with van der Waals surface area (Å²) in [4.78, 5) is 52.5. The minimum atomic E-state index is -0.931. The van der Waals surface area contributed by atoms with E-state index in [1.807, 2.05) is 26.8 Å². The SMILES string of the molecule is COC(=O)C[C@H]1C(C)(C)[C@@H](OC(C)=O)[C@H]2C(=O)[C@]1(C)[C@@H]1CC[C@]3(C)[C@@H](c4ccoc4)OC(=O)C[C@@H]3[C@@]13O[C@@H]23. The molecule has 3 saturated carbocycles. The molecule has 1 spiro atoms. The van der Waals surface area contributed by atoms with Crippen molar-refractivity contribution >= 4 is 23.7 Å². The maximum Gasteiger partial charge on any atom is 0.306 e. The monoisotopic (exact) mass is 528 g/mol. The van der Waals surface area contributed by atoms with Crippen molar-refractivity contribution in [2.45, 2.75) is 84.2 Å². The Balaban J connectivity index is 1.50. The van der Waals surface area contributed by atoms with Gasteiger partial charge in [-0.15, -0.1) is 0 Å². The number of rotatable bonds is 4. The molecule has 2 bridgehead atoms. The fraction of sp³-hybridized carbons (Fsp3) is 0.724. The number of ketones is 1. The first-order valence-electron chi connectivity index (χ1n) is 13.5. The van der Waals surface area contributed by atoms with Crippen molar-refractivity contribution in [3.05, 3.63) is 24.2 Å². The van der Waals surface area contributed by atoms with Crippen molar-refractivity contribution in [3.8, 4) is 0 Å². The second-order valence-corrected chi connectivity index (χ2v) is 13.0. The zero-order chi connectivity index (χ0) is 27.4. The molecule has 206 valence electrons. The summed E-state index contributed by atoms with van der Waals surface area (Å²) < 4.78 is 28.9. The van der Waals surface area contributed by atoms with Crippen LogP contribution in [0.15, 0.2) is 23.0 Å². The zero-order valence-corrected chi connectivity index (χ0v) is 22.8. The van der Waals surface area contributed by atoms with Crippen LogP contribution in [0.3, 0.4) is 0 Å². The maximum atomic E-state index is 14.4. The number of Topliss-reactive ketones (excluding diaryl/α,β-unsaturated/α-hetero) is 1. The van der Waals surface area contributed by atoms with Crippen molar-refractivity contribution in [1.82, 2.24) is 0 Å². The third-order valence-electron chi connectivity index (χ3n) is 11.1. The van der Waals surface area contributed by atoms with Gasteiger partial charge in [-0.25, -0.2) is 0 Å². The van der Waals surface area contributed by atoms with E-state index in [4.69, 9.17) is 23.4 Å². The number of cyclic esters (lactones) is 1. The molecule has 3 heterocycles. The van der Waals surface area contributed by atoms with Crippen molar-refractivity contribution in [3.63, 3.8) is 0 Å². The largest absolute Gasteiger partial charge is 0.472 e. The predicted molar refractivity (Wildman–Crippen MR) is 130 cm³/mol. The molecule has 0 radical (unpaired) electrons. The minimum absolute atomic E-state index is 0.0199. The van der Waals surface area contributed by atoms with E-state index in [2.05, 4.69) is 6.92 Å². The third-order valence-corrected chi connectivity index (χ3v) is 11.1. The van der Waals surface area contributed by atoms with E-state index in [0.717, 1.165) is 12.0 Å². The van der Waals surface area contributed by atoms with Crippen LogP contribution in [-0.2, 0) is 38.1 Å². The average molecular weight is 529 g/mol. The number of esters is 3. The van der Waals surface area contributed by atoms with Gasteiger partial charge in [-0.05, 0) is 24.8 Å². The number of epoxide rings is 1. The lowest BCUT2D eigenvalue weighted by atomic mass is 9.37. The molecule has 9 heteroatoms. The molecule has 5 fully saturated rings. The number of fused-ring (bicyclic) bond motifs is 5. The number of hydrogen-bond acceptors (Lipinski definition) is 9. The number of hydrogen-bond donors (Lipinski definition) is 0. The molecule has 10 atom stereocenters. The van der Waals surface area contributed by atoms with Gasteiger partial charge in [0, 0.05) is 47.0 Å². The number of furan rings is 1. The standard InChI is InChI=1S/C29H36O9/c1-14(30)36-24-21-22(33)28(5,17(26(24,2)3)11-19(31)34-6)16-7-9-27(4)18(29(16)25(21)38-29)12-20(32)37-23(27)15-8-10-35-13-15/h8,10,13,16-18,21,23-25H,7,9,11-12H2,1-6H3/t16-,17-,18-,21+,23+,24-,25-,27-,28+,29-/m0/s1. The number of ether oxygens (including phenoxy) is 4. The molecule has 6 rings (SSSR count). The van der Waals surface area contributed by atoms with Gasteiger partial charge in [0.2, 0.25) is 0 Å². The van der Waals surface area contributed by atoms with Crippen LogP contribution in [0, 0.1) is 39.9 Å². The molecule has 0 aromatic carbocycles. The lowest BCUT2D eigenvalue weighted by molar-refractivity contribution is -0.221. The topological polar surface area (TPSA) is 122 Å². The fourth-order valence-electron chi connectivity index (χ4n) is 9.48. The van der Waals surface area contributed by atoms with Crippen LogP contribution >= 0.6 is 0 Å². The number of carbonyl (C=O) groups is 4. The second-order valence-electron chi connectivity index (χ2n) is 13.0. The first-order valence-corrected chi connectivity index (χ1v) is 13.5. The third kappa shape index (κ3) is 3.02. The number of methoxy groups -OCH3 is 1. The summed E-state index contributed by atoms with van der Waals surface area (Å²) in [6.07, 6.45) is 3.05. The van der Waals surface area contributed by atoms with Gasteiger partial charge in [0.25, 0.3) is 0 Å². The highest BCUT2D eigenvalue weighted by atomic mass is 16.6. The van der Waals surface area contributed by atoms with Gasteiger partial charge in [-0.2, -0.15) is 0 Å². The van der Waals surface area contributed by atoms with E-state index >= 15 is 0 Å². The van der Waals surface area contributed by atoms with Gasteiger partial charge in [-0.3, -0.25) is 19.2 Å². The molecule has 1 aromatic rings. The van der Waals surface area contributed by atoms with Gasteiger partial charge in [0.05, 0.1) is 32.0 Å². The summed E-state index contributed by atoms with van der Waals surface area (Å²) >= 11 is 0. The Morgan fingerprint density at radius 1 is 1.13 bits per heavy atom. The number of carbonyl (C=O) groups excluding carboxylic acids is 4. The molecule has 5 aliphatic rings. The van der Waals surface area contributed by atoms with Gasteiger partial charge in [0.1, 0.15) is 29.7 Å². The van der Waals surface area contributed by atoms with E-state index < -0.39 is 63.9 Å². The summed E-state index contributed by atoms with van der Waals surface area (Å²) in [5.41, 5.74) is -2.03. The normalized spacial score (nSPS) is 46.1. The van der Waals surface area contributed by atoms with Crippen LogP contribution < -0.4 is 0 Å². The van der Waals surface area contributed by atoms with Gasteiger partial charge in [0.15, 0.2) is 0 Å². The molecule has 9 nitrogen and oxygen atoms in total. The average Bonchev–Trinajstić information content (AvgIpc) is 3.31. The van der Waals surface area contributed by atoms with E-state index in [1.54, 1.807) is 12.5 Å². The van der Waals surface area contributed by atoms with Crippen molar-refractivity contribution in [2.75, 3.05) is 7.11 Å². The lowest BCUT2D eigenvalue weighted by Crippen LogP contribution is -2.72. The molecule has 2 aliphatic heterocycles. The van der Waals surface area contributed by atoms with E-state index in [0.29, 0.717) is 6.42 Å². The predicted octanol–water partition coefficient (Wildman–Crippen LogP) is 3.79. The first-order chi connectivity index (χ1) is 17.8. The summed E-state index contributed by atoms with van der Waals surface area (Å²) in [6, 6.07) is 1.83. The molecular weight excluding hydrogens is 492 g/mol. The highest BCUT2D eigenvalue weighted by Crippen LogP contribution is 2.77. The molecule has 0 amide bonds. The highest BCUT2D eigenvalue weighted by molar-refractivity contribution is 5.93. The van der Waals surface area contributed by atoms with Gasteiger partial charge >= 0.3 is 17.9 Å². The van der Waals surface area contributed by atoms with Crippen molar-refractivity contribution < 1.29 is 42.5 Å². The van der Waals surface area contributed by atoms with Crippen LogP contribution in [0.5, 0.6) is 0 Å². The van der Waals surface area contributed by atoms with Crippen LogP contribution in [0.2, 0.25) is 0 Å². The van der Waals surface area contributed by atoms with Crippen molar-refractivity contribution in [2.24, 2.45) is 39.9 Å². The van der Waals surface area contributed by atoms with Crippen LogP contribution in [0.4, 0.5) is 0 Å². The summed E-state index contributed by atoms with van der Waals surface area (Å²) in [6.45, 7) is 9.38. The smallest absolute Gasteiger partial charge is 0.306 e. The van der Waals surface area contributed by atoms with Crippen LogP contribution in [0.1, 0.15) is 72.0 Å². The lowest BCUT2D eigenvalue weighted by Gasteiger charge is -2.65. The Morgan fingerprint density at radius 3 is 2.50 bits per heavy atom. The second kappa shape index (κ2) is 7.93. The van der Waals surface area contributed by atoms with Gasteiger partial charge in [-0.1, -0.05) is 27.7 Å². The maximum absolute atomic E-state index is 14.4. The fourth-order valence-corrected chi connectivity index (χ4v) is 9.48. The molecule has 0 unspecified atom stereocenters. The first kappa shape index (κ1) is 25.6. The summed E-state index contributed by atoms with van der Waals surface area (Å²) in [5.74, 6) is -2.77. The Kier molecular flexibility index (Phi) is 5.34. The zero-order valence-electron chi connectivity index (χ0n) is 22.8. The Labute approximate surface area is 221 Å². The Bertz CT molecular complexity index is 1200. The van der Waals surface area contributed by atoms with E-state index in [1.165, 1.54) is 14.0 Å². The Morgan fingerprint density at radius 2 is 1.87 bits per heavy atom. The van der Waals surface area contributed by atoms with E-state index in [-0.39, 0.29) is 36.4 Å². The summed E-state index contributed by atoms with van der Waals surface area (Å²) in [7, 11) is 1.34. The van der Waals surface area contributed by atoms with Gasteiger partial charge < -0.3 is 23.4 Å². The molecule has 0 N–H and O–H groups in total. The van der Waals surface area contributed by atoms with Crippen LogP contribution in [-0.4, -0.2) is 48.6 Å². The minimum Gasteiger partial charge on any atom is -0.472 e. The molecule has 3 aliphatic carbocycles. The highest BCUT2D eigenvalue weighted by Gasteiger charge is 2.86. The summed E-state index contributed by atoms with van der Waals surface area (Å²) in [5, 5.41) is 0. The molecular formula is C29H36O9. The van der Waals surface area contributed by atoms with Crippen LogP contribution in [0.25, 0.3) is 0 Å².